The predicted molar refractivity (Wildman–Crippen MR) is 80.4 cm³/mol. The summed E-state index contributed by atoms with van der Waals surface area (Å²) in [7, 11) is 0. The summed E-state index contributed by atoms with van der Waals surface area (Å²) < 4.78 is 2.20. The smallest absolute Gasteiger partial charge is 0.337 e. The van der Waals surface area contributed by atoms with Crippen molar-refractivity contribution in [2.75, 3.05) is 0 Å². The third-order valence-electron chi connectivity index (χ3n) is 3.64. The summed E-state index contributed by atoms with van der Waals surface area (Å²) in [5.74, 6) is 0.316. The van der Waals surface area contributed by atoms with Crippen LogP contribution in [0.25, 0.3) is 11.0 Å². The Kier molecular flexibility index (Phi) is 4.12. The number of rotatable bonds is 5. The normalized spacial score (nSPS) is 13.1. The van der Waals surface area contributed by atoms with Crippen molar-refractivity contribution in [1.29, 1.82) is 0 Å². The zero-order valence-corrected chi connectivity index (χ0v) is 12.6. The van der Waals surface area contributed by atoms with Gasteiger partial charge in [-0.25, -0.2) is 9.78 Å². The monoisotopic (exact) mass is 274 g/mol. The van der Waals surface area contributed by atoms with Crippen molar-refractivity contribution in [3.63, 3.8) is 0 Å². The number of fused-ring (bicyclic) bond motifs is 1. The van der Waals surface area contributed by atoms with Gasteiger partial charge >= 0.3 is 5.97 Å². The van der Waals surface area contributed by atoms with Gasteiger partial charge in [0.05, 0.1) is 11.1 Å². The van der Waals surface area contributed by atoms with E-state index in [-0.39, 0.29) is 11.5 Å². The molecule has 1 heterocycles. The molecule has 0 aliphatic heterocycles. The van der Waals surface area contributed by atoms with Crippen LogP contribution in [0, 0.1) is 0 Å². The summed E-state index contributed by atoms with van der Waals surface area (Å²) in [6.07, 6.45) is 2.15. The summed E-state index contributed by atoms with van der Waals surface area (Å²) in [5.41, 5.74) is 1.81. The van der Waals surface area contributed by atoms with Crippen LogP contribution in [0.1, 0.15) is 68.7 Å². The third-order valence-corrected chi connectivity index (χ3v) is 3.64. The minimum Gasteiger partial charge on any atom is -0.478 e. The van der Waals surface area contributed by atoms with Gasteiger partial charge in [0.15, 0.2) is 0 Å². The number of imidazole rings is 1. The van der Waals surface area contributed by atoms with E-state index < -0.39 is 5.97 Å². The van der Waals surface area contributed by atoms with E-state index in [0.29, 0.717) is 11.6 Å². The topological polar surface area (TPSA) is 55.1 Å². The van der Waals surface area contributed by atoms with Gasteiger partial charge in [0.1, 0.15) is 11.3 Å². The lowest BCUT2D eigenvalue weighted by atomic mass is 10.1. The Morgan fingerprint density at radius 1 is 1.35 bits per heavy atom. The number of carboxylic acid groups (broad SMARTS) is 1. The Morgan fingerprint density at radius 3 is 2.60 bits per heavy atom. The van der Waals surface area contributed by atoms with Gasteiger partial charge in [-0.1, -0.05) is 33.3 Å². The van der Waals surface area contributed by atoms with Crippen LogP contribution in [0.2, 0.25) is 0 Å². The minimum atomic E-state index is -0.918. The van der Waals surface area contributed by atoms with E-state index in [1.807, 2.05) is 6.07 Å². The number of carbonyl (C=O) groups is 1. The second-order valence-corrected chi connectivity index (χ2v) is 5.61. The Hall–Kier alpha value is -1.84. The van der Waals surface area contributed by atoms with Crippen LogP contribution in [-0.4, -0.2) is 20.6 Å². The molecule has 4 nitrogen and oxygen atoms in total. The second-order valence-electron chi connectivity index (χ2n) is 5.61. The lowest BCUT2D eigenvalue weighted by Crippen LogP contribution is -2.10. The molecule has 0 spiro atoms. The maximum Gasteiger partial charge on any atom is 0.337 e. The minimum absolute atomic E-state index is 0.267. The zero-order valence-electron chi connectivity index (χ0n) is 12.6. The number of aromatic nitrogens is 2. The summed E-state index contributed by atoms with van der Waals surface area (Å²) >= 11 is 0. The Morgan fingerprint density at radius 2 is 2.05 bits per heavy atom. The average molecular weight is 274 g/mol. The molecule has 0 aliphatic rings. The third kappa shape index (κ3) is 2.42. The molecule has 0 saturated heterocycles. The molecule has 2 aromatic rings. The second kappa shape index (κ2) is 5.65. The fourth-order valence-electron chi connectivity index (χ4n) is 2.73. The lowest BCUT2D eigenvalue weighted by Gasteiger charge is -2.18. The highest BCUT2D eigenvalue weighted by atomic mass is 16.4. The number of aromatic carboxylic acids is 1. The van der Waals surface area contributed by atoms with E-state index in [2.05, 4.69) is 37.2 Å². The highest BCUT2D eigenvalue weighted by Crippen LogP contribution is 2.29. The van der Waals surface area contributed by atoms with Gasteiger partial charge in [-0.15, -0.1) is 0 Å². The van der Waals surface area contributed by atoms with Crippen molar-refractivity contribution in [3.8, 4) is 0 Å². The maximum absolute atomic E-state index is 11.4. The molecular weight excluding hydrogens is 252 g/mol. The van der Waals surface area contributed by atoms with E-state index >= 15 is 0 Å². The molecule has 0 amide bonds. The molecule has 1 aromatic heterocycles. The molecule has 1 N–H and O–H groups in total. The molecule has 4 heteroatoms. The van der Waals surface area contributed by atoms with Crippen LogP contribution in [0.4, 0.5) is 0 Å². The van der Waals surface area contributed by atoms with E-state index in [4.69, 9.17) is 0 Å². The molecule has 20 heavy (non-hydrogen) atoms. The first-order chi connectivity index (χ1) is 9.47. The summed E-state index contributed by atoms with van der Waals surface area (Å²) in [4.78, 5) is 16.0. The van der Waals surface area contributed by atoms with Crippen molar-refractivity contribution >= 4 is 17.0 Å². The number of para-hydroxylation sites is 1. The van der Waals surface area contributed by atoms with Gasteiger partial charge in [-0.3, -0.25) is 0 Å². The standard InChI is InChI=1S/C16H22N2O2/c1-5-7-11(4)18-13-9-6-8-12(16(19)20)14(13)17-15(18)10(2)3/h6,8-11H,5,7H2,1-4H3,(H,19,20). The zero-order chi connectivity index (χ0) is 14.9. The Balaban J connectivity index is 2.73. The van der Waals surface area contributed by atoms with Crippen LogP contribution < -0.4 is 0 Å². The Bertz CT molecular complexity index is 629. The molecule has 108 valence electrons. The Labute approximate surface area is 119 Å². The van der Waals surface area contributed by atoms with Crippen molar-refractivity contribution in [3.05, 3.63) is 29.6 Å². The molecule has 0 bridgehead atoms. The number of nitrogens with zero attached hydrogens (tertiary/aromatic N) is 2. The van der Waals surface area contributed by atoms with E-state index in [1.165, 1.54) is 0 Å². The van der Waals surface area contributed by atoms with Crippen molar-refractivity contribution in [1.82, 2.24) is 9.55 Å². The molecule has 1 aromatic carbocycles. The van der Waals surface area contributed by atoms with Crippen LogP contribution >= 0.6 is 0 Å². The molecule has 1 unspecified atom stereocenters. The molecule has 0 saturated carbocycles. The molecule has 0 fully saturated rings. The van der Waals surface area contributed by atoms with Gasteiger partial charge in [0, 0.05) is 12.0 Å². The predicted octanol–water partition coefficient (Wildman–Crippen LogP) is 4.22. The summed E-state index contributed by atoms with van der Waals surface area (Å²) in [6.45, 7) is 8.52. The number of hydrogen-bond acceptors (Lipinski definition) is 2. The molecule has 1 atom stereocenters. The molecule has 2 rings (SSSR count). The largest absolute Gasteiger partial charge is 0.478 e. The van der Waals surface area contributed by atoms with Crippen LogP contribution in [0.5, 0.6) is 0 Å². The number of hydrogen-bond donors (Lipinski definition) is 1. The molecule has 0 aliphatic carbocycles. The highest BCUT2D eigenvalue weighted by Gasteiger charge is 2.21. The SMILES string of the molecule is CCCC(C)n1c(C(C)C)nc2c(C(=O)O)cccc21. The quantitative estimate of drug-likeness (QED) is 0.888. The average Bonchev–Trinajstić information content (AvgIpc) is 2.77. The van der Waals surface area contributed by atoms with Crippen molar-refractivity contribution < 1.29 is 9.90 Å². The van der Waals surface area contributed by atoms with Crippen LogP contribution in [-0.2, 0) is 0 Å². The number of benzene rings is 1. The molecule has 0 radical (unpaired) electrons. The van der Waals surface area contributed by atoms with E-state index in [9.17, 15) is 9.90 Å². The lowest BCUT2D eigenvalue weighted by molar-refractivity contribution is 0.0699. The van der Waals surface area contributed by atoms with E-state index in [1.54, 1.807) is 12.1 Å². The van der Waals surface area contributed by atoms with Gasteiger partial charge in [-0.2, -0.15) is 0 Å². The van der Waals surface area contributed by atoms with Gasteiger partial charge in [0.25, 0.3) is 0 Å². The summed E-state index contributed by atoms with van der Waals surface area (Å²) in [5, 5.41) is 9.31. The fraction of sp³-hybridized carbons (Fsp3) is 0.500. The van der Waals surface area contributed by atoms with Crippen molar-refractivity contribution in [2.24, 2.45) is 0 Å². The van der Waals surface area contributed by atoms with Gasteiger partial charge in [0.2, 0.25) is 0 Å². The summed E-state index contributed by atoms with van der Waals surface area (Å²) in [6, 6.07) is 5.71. The van der Waals surface area contributed by atoms with Gasteiger partial charge in [-0.05, 0) is 25.5 Å². The van der Waals surface area contributed by atoms with Gasteiger partial charge < -0.3 is 9.67 Å². The van der Waals surface area contributed by atoms with Crippen LogP contribution in [0.15, 0.2) is 18.2 Å². The van der Waals surface area contributed by atoms with E-state index in [0.717, 1.165) is 24.2 Å². The van der Waals surface area contributed by atoms with Crippen molar-refractivity contribution in [2.45, 2.75) is 52.5 Å². The first-order valence-electron chi connectivity index (χ1n) is 7.21. The molecular formula is C16H22N2O2. The fourth-order valence-corrected chi connectivity index (χ4v) is 2.73. The first kappa shape index (κ1) is 14.6. The van der Waals surface area contributed by atoms with Crippen LogP contribution in [0.3, 0.4) is 0 Å². The number of carboxylic acids is 1. The maximum atomic E-state index is 11.4. The first-order valence-corrected chi connectivity index (χ1v) is 7.21. The highest BCUT2D eigenvalue weighted by molar-refractivity contribution is 6.01.